The number of carbonyl (C=O) groups excluding carboxylic acids is 1. The molecule has 33 heavy (non-hydrogen) atoms. The third kappa shape index (κ3) is 6.17. The largest absolute Gasteiger partial charge is 0.534 e. The van der Waals surface area contributed by atoms with Crippen molar-refractivity contribution < 1.29 is 40.4 Å². The molecular formula is C21H23ClF3NO6S. The lowest BCUT2D eigenvalue weighted by atomic mass is 9.86. The van der Waals surface area contributed by atoms with Gasteiger partial charge in [-0.25, -0.2) is 4.79 Å². The molecule has 0 radical (unpaired) electrons. The maximum Gasteiger partial charge on any atom is 0.534 e. The van der Waals surface area contributed by atoms with Crippen LogP contribution in [0, 0.1) is 5.92 Å². The molecule has 0 aromatic heterocycles. The predicted octanol–water partition coefficient (Wildman–Crippen LogP) is 3.12. The lowest BCUT2D eigenvalue weighted by Gasteiger charge is -2.29. The number of benzene rings is 2. The van der Waals surface area contributed by atoms with E-state index in [9.17, 15) is 31.5 Å². The first-order valence-electron chi connectivity index (χ1n) is 9.81. The molecule has 1 atom stereocenters. The second kappa shape index (κ2) is 10.7. The van der Waals surface area contributed by atoms with Crippen molar-refractivity contribution in [3.05, 3.63) is 65.7 Å². The Bertz CT molecular complexity index is 1050. The van der Waals surface area contributed by atoms with E-state index in [1.165, 1.54) is 24.3 Å². The molecule has 2 aromatic carbocycles. The van der Waals surface area contributed by atoms with E-state index in [1.54, 1.807) is 18.2 Å². The summed E-state index contributed by atoms with van der Waals surface area (Å²) in [5.74, 6) is -1.63. The minimum absolute atomic E-state index is 0. The van der Waals surface area contributed by atoms with Crippen molar-refractivity contribution in [2.75, 3.05) is 19.7 Å². The number of esters is 1. The van der Waals surface area contributed by atoms with E-state index in [1.807, 2.05) is 0 Å². The third-order valence-corrected chi connectivity index (χ3v) is 6.12. The molecule has 2 N–H and O–H groups in total. The Morgan fingerprint density at radius 2 is 1.64 bits per heavy atom. The van der Waals surface area contributed by atoms with E-state index in [4.69, 9.17) is 4.74 Å². The molecule has 0 saturated carbocycles. The molecule has 182 valence electrons. The van der Waals surface area contributed by atoms with Gasteiger partial charge in [-0.05, 0) is 49.5 Å². The van der Waals surface area contributed by atoms with E-state index in [0.717, 1.165) is 38.1 Å². The zero-order chi connectivity index (χ0) is 23.4. The average Bonchev–Trinajstić information content (AvgIpc) is 2.77. The van der Waals surface area contributed by atoms with Gasteiger partial charge in [0.15, 0.2) is 0 Å². The number of nitrogens with one attached hydrogen (secondary N) is 1. The summed E-state index contributed by atoms with van der Waals surface area (Å²) in [6.07, 6.45) is 1.57. The lowest BCUT2D eigenvalue weighted by Crippen LogP contribution is -2.40. The Morgan fingerprint density at radius 3 is 2.24 bits per heavy atom. The van der Waals surface area contributed by atoms with Gasteiger partial charge in [0.05, 0.1) is 6.61 Å². The molecule has 1 saturated heterocycles. The molecule has 1 heterocycles. The summed E-state index contributed by atoms with van der Waals surface area (Å²) in [7, 11) is -5.93. The van der Waals surface area contributed by atoms with E-state index < -0.39 is 32.9 Å². The summed E-state index contributed by atoms with van der Waals surface area (Å²) in [5.41, 5.74) is -8.12. The standard InChI is InChI=1S/C21H22F3NO6S.ClH/c22-21(23,24)32(28,29)31-18-8-4-7-17(13-18)20(27,16-5-2-1-3-6-16)19(26)30-14-15-9-11-25-12-10-15;/h1-8,13,15,25,27H,9-12,14H2;1H. The first-order valence-corrected chi connectivity index (χ1v) is 11.2. The molecule has 0 aliphatic carbocycles. The number of carbonyl (C=O) groups is 1. The molecule has 0 amide bonds. The highest BCUT2D eigenvalue weighted by atomic mass is 35.5. The minimum atomic E-state index is -5.93. The van der Waals surface area contributed by atoms with Crippen LogP contribution in [-0.4, -0.2) is 44.7 Å². The Kier molecular flexibility index (Phi) is 8.75. The van der Waals surface area contributed by atoms with Gasteiger partial charge in [0.2, 0.25) is 5.60 Å². The zero-order valence-corrected chi connectivity index (χ0v) is 18.9. The second-order valence-corrected chi connectivity index (χ2v) is 8.92. The Balaban J connectivity index is 0.00000385. The first-order chi connectivity index (χ1) is 15.0. The lowest BCUT2D eigenvalue weighted by molar-refractivity contribution is -0.163. The Morgan fingerprint density at radius 1 is 1.03 bits per heavy atom. The molecule has 1 unspecified atom stereocenters. The van der Waals surface area contributed by atoms with Gasteiger partial charge in [-0.2, -0.15) is 21.6 Å². The quantitative estimate of drug-likeness (QED) is 0.336. The van der Waals surface area contributed by atoms with Gasteiger partial charge >= 0.3 is 21.6 Å². The van der Waals surface area contributed by atoms with Crippen molar-refractivity contribution in [1.29, 1.82) is 0 Å². The first kappa shape index (κ1) is 26.9. The zero-order valence-electron chi connectivity index (χ0n) is 17.2. The maximum absolute atomic E-state index is 13.0. The summed E-state index contributed by atoms with van der Waals surface area (Å²) < 4.78 is 70.3. The molecule has 1 aliphatic rings. The molecule has 1 aliphatic heterocycles. The highest BCUT2D eigenvalue weighted by molar-refractivity contribution is 7.88. The number of aliphatic hydroxyl groups is 1. The van der Waals surface area contributed by atoms with Gasteiger partial charge in [0, 0.05) is 5.56 Å². The van der Waals surface area contributed by atoms with Crippen molar-refractivity contribution in [3.63, 3.8) is 0 Å². The highest BCUT2D eigenvalue weighted by Crippen LogP contribution is 2.35. The van der Waals surface area contributed by atoms with Crippen LogP contribution in [0.4, 0.5) is 13.2 Å². The number of hydrogen-bond donors (Lipinski definition) is 2. The average molecular weight is 510 g/mol. The number of hydrogen-bond acceptors (Lipinski definition) is 7. The molecule has 0 spiro atoms. The predicted molar refractivity (Wildman–Crippen MR) is 115 cm³/mol. The minimum Gasteiger partial charge on any atom is -0.463 e. The molecule has 7 nitrogen and oxygen atoms in total. The van der Waals surface area contributed by atoms with Gasteiger partial charge in [-0.15, -0.1) is 12.4 Å². The van der Waals surface area contributed by atoms with E-state index >= 15 is 0 Å². The normalized spacial score (nSPS) is 16.8. The van der Waals surface area contributed by atoms with Crippen LogP contribution in [0.15, 0.2) is 54.6 Å². The van der Waals surface area contributed by atoms with Gasteiger partial charge in [0.25, 0.3) is 0 Å². The molecule has 12 heteroatoms. The fourth-order valence-corrected chi connectivity index (χ4v) is 3.83. The topological polar surface area (TPSA) is 102 Å². The summed E-state index contributed by atoms with van der Waals surface area (Å²) in [6.45, 7) is 1.62. The number of rotatable bonds is 7. The number of ether oxygens (including phenoxy) is 1. The van der Waals surface area contributed by atoms with Crippen LogP contribution in [-0.2, 0) is 25.3 Å². The van der Waals surface area contributed by atoms with Crippen LogP contribution in [0.5, 0.6) is 5.75 Å². The fraction of sp³-hybridized carbons (Fsp3) is 0.381. The van der Waals surface area contributed by atoms with Gasteiger partial charge in [-0.3, -0.25) is 0 Å². The summed E-state index contributed by atoms with van der Waals surface area (Å²) in [5, 5.41) is 14.6. The summed E-state index contributed by atoms with van der Waals surface area (Å²) in [6, 6.07) is 12.0. The van der Waals surface area contributed by atoms with Crippen LogP contribution in [0.1, 0.15) is 24.0 Å². The highest BCUT2D eigenvalue weighted by Gasteiger charge is 2.49. The number of piperidine rings is 1. The van der Waals surface area contributed by atoms with Gasteiger partial charge < -0.3 is 19.3 Å². The SMILES string of the molecule is Cl.O=C(OCC1CCNCC1)C(O)(c1ccccc1)c1cccc(OS(=O)(=O)C(F)(F)F)c1. The fourth-order valence-electron chi connectivity index (χ4n) is 3.37. The van der Waals surface area contributed by atoms with Crippen LogP contribution >= 0.6 is 12.4 Å². The molecule has 0 bridgehead atoms. The van der Waals surface area contributed by atoms with Crippen molar-refractivity contribution in [2.24, 2.45) is 5.92 Å². The van der Waals surface area contributed by atoms with Crippen LogP contribution in [0.3, 0.4) is 0 Å². The Hall–Kier alpha value is -2.34. The monoisotopic (exact) mass is 509 g/mol. The van der Waals surface area contributed by atoms with Crippen molar-refractivity contribution >= 4 is 28.5 Å². The van der Waals surface area contributed by atoms with Gasteiger partial charge in [0.1, 0.15) is 5.75 Å². The number of halogens is 4. The summed E-state index contributed by atoms with van der Waals surface area (Å²) >= 11 is 0. The van der Waals surface area contributed by atoms with Crippen molar-refractivity contribution in [1.82, 2.24) is 5.32 Å². The van der Waals surface area contributed by atoms with E-state index in [-0.39, 0.29) is 36.1 Å². The van der Waals surface area contributed by atoms with E-state index in [0.29, 0.717) is 0 Å². The third-order valence-electron chi connectivity index (χ3n) is 5.14. The van der Waals surface area contributed by atoms with Crippen molar-refractivity contribution in [2.45, 2.75) is 24.0 Å². The van der Waals surface area contributed by atoms with Crippen LogP contribution in [0.2, 0.25) is 0 Å². The van der Waals surface area contributed by atoms with Crippen LogP contribution < -0.4 is 9.50 Å². The molecular weight excluding hydrogens is 487 g/mol. The maximum atomic E-state index is 13.0. The van der Waals surface area contributed by atoms with Crippen molar-refractivity contribution in [3.8, 4) is 5.75 Å². The molecule has 2 aromatic rings. The molecule has 1 fully saturated rings. The summed E-state index contributed by atoms with van der Waals surface area (Å²) in [4.78, 5) is 13.0. The van der Waals surface area contributed by atoms with E-state index in [2.05, 4.69) is 9.50 Å². The second-order valence-electron chi connectivity index (χ2n) is 7.38. The van der Waals surface area contributed by atoms with Crippen LogP contribution in [0.25, 0.3) is 0 Å². The number of alkyl halides is 3. The Labute approximate surface area is 195 Å². The van der Waals surface area contributed by atoms with Gasteiger partial charge in [-0.1, -0.05) is 42.5 Å². The smallest absolute Gasteiger partial charge is 0.463 e. The molecule has 3 rings (SSSR count).